The fourth-order valence-corrected chi connectivity index (χ4v) is 5.31. The third-order valence-corrected chi connectivity index (χ3v) is 6.87. The Morgan fingerprint density at radius 2 is 1.67 bits per heavy atom. The summed E-state index contributed by atoms with van der Waals surface area (Å²) in [5, 5.41) is 15.8. The summed E-state index contributed by atoms with van der Waals surface area (Å²) < 4.78 is 22.0. The van der Waals surface area contributed by atoms with Gasteiger partial charge in [0, 0.05) is 0 Å². The average molecular weight is 380 g/mol. The fourth-order valence-electron chi connectivity index (χ4n) is 3.78. The summed E-state index contributed by atoms with van der Waals surface area (Å²) in [5.41, 5.74) is -0.403. The minimum atomic E-state index is -2.35. The van der Waals surface area contributed by atoms with Crippen molar-refractivity contribution in [2.45, 2.75) is 88.3 Å². The number of unbranched alkanes of at least 4 members (excludes halogenated alkanes) is 1. The topological polar surface area (TPSA) is 119 Å². The van der Waals surface area contributed by atoms with Crippen molar-refractivity contribution in [2.24, 2.45) is 5.92 Å². The van der Waals surface area contributed by atoms with E-state index in [0.717, 1.165) is 51.4 Å². The van der Waals surface area contributed by atoms with Crippen molar-refractivity contribution >= 4 is 16.4 Å². The van der Waals surface area contributed by atoms with Crippen molar-refractivity contribution < 1.29 is 24.0 Å². The highest BCUT2D eigenvalue weighted by Crippen LogP contribution is 2.48. The van der Waals surface area contributed by atoms with Crippen LogP contribution < -0.4 is 10.2 Å². The van der Waals surface area contributed by atoms with E-state index in [-0.39, 0.29) is 17.0 Å². The summed E-state index contributed by atoms with van der Waals surface area (Å²) in [6.07, 6.45) is 8.21. The van der Waals surface area contributed by atoms with E-state index in [9.17, 15) is 14.2 Å². The van der Waals surface area contributed by atoms with Gasteiger partial charge < -0.3 is 5.11 Å². The molecule has 2 fully saturated rings. The molecule has 7 nitrogen and oxygen atoms in total. The standard InChI is InChI=1S/C15H28N2O5P2/c1-2-12(15(9-10-15)17-24(21)22)11-13(18)5-3-4-6-14(7-8-14)16-23(19)20/h12-13,18H,2-11H2,1H3,(H2-2,16,17,19,20,21,22)/p+2. The van der Waals surface area contributed by atoms with Gasteiger partial charge in [0.15, 0.2) is 0 Å². The van der Waals surface area contributed by atoms with Gasteiger partial charge in [-0.05, 0) is 60.0 Å². The van der Waals surface area contributed by atoms with Gasteiger partial charge in [-0.15, -0.1) is 9.79 Å². The maximum Gasteiger partial charge on any atom is 0.610 e. The molecule has 0 aromatic rings. The van der Waals surface area contributed by atoms with Gasteiger partial charge in [0.25, 0.3) is 0 Å². The van der Waals surface area contributed by atoms with Gasteiger partial charge in [-0.3, -0.25) is 0 Å². The monoisotopic (exact) mass is 380 g/mol. The first kappa shape index (κ1) is 20.3. The first-order valence-corrected chi connectivity index (χ1v) is 11.3. The Hall–Kier alpha value is -0.0000000000000000763. The first-order chi connectivity index (χ1) is 11.3. The molecular weight excluding hydrogens is 350 g/mol. The second kappa shape index (κ2) is 8.59. The number of rotatable bonds is 13. The summed E-state index contributed by atoms with van der Waals surface area (Å²) in [7, 11) is -4.64. The molecule has 2 aliphatic carbocycles. The third kappa shape index (κ3) is 6.06. The number of hydrogen-bond acceptors (Lipinski definition) is 3. The van der Waals surface area contributed by atoms with Crippen LogP contribution in [-0.4, -0.2) is 32.1 Å². The van der Waals surface area contributed by atoms with E-state index in [2.05, 4.69) is 17.1 Å². The van der Waals surface area contributed by atoms with Crippen LogP contribution in [0.15, 0.2) is 0 Å². The number of hydrogen-bond donors (Lipinski definition) is 5. The van der Waals surface area contributed by atoms with Crippen molar-refractivity contribution in [3.63, 3.8) is 0 Å². The van der Waals surface area contributed by atoms with E-state index >= 15 is 0 Å². The van der Waals surface area contributed by atoms with Crippen LogP contribution in [0.5, 0.6) is 0 Å². The molecule has 2 saturated carbocycles. The van der Waals surface area contributed by atoms with Crippen LogP contribution in [0.1, 0.15) is 71.1 Å². The van der Waals surface area contributed by atoms with Gasteiger partial charge in [0.05, 0.1) is 17.2 Å². The number of aliphatic hydroxyl groups is 1. The van der Waals surface area contributed by atoms with Crippen LogP contribution in [-0.2, 0) is 9.13 Å². The molecule has 2 aliphatic rings. The molecule has 0 bridgehead atoms. The zero-order valence-electron chi connectivity index (χ0n) is 14.3. The first-order valence-electron chi connectivity index (χ1n) is 8.87. The van der Waals surface area contributed by atoms with Crippen molar-refractivity contribution in [1.82, 2.24) is 10.2 Å². The van der Waals surface area contributed by atoms with Crippen molar-refractivity contribution in [1.29, 1.82) is 0 Å². The largest absolute Gasteiger partial charge is 0.610 e. The van der Waals surface area contributed by atoms with E-state index < -0.39 is 22.5 Å². The van der Waals surface area contributed by atoms with Gasteiger partial charge in [-0.1, -0.05) is 36.4 Å². The predicted molar refractivity (Wildman–Crippen MR) is 92.7 cm³/mol. The van der Waals surface area contributed by atoms with Crippen LogP contribution >= 0.6 is 16.4 Å². The minimum Gasteiger partial charge on any atom is -0.393 e. The average Bonchev–Trinajstić information content (AvgIpc) is 3.39. The molecule has 138 valence electrons. The molecule has 2 rings (SSSR count). The normalized spacial score (nSPS) is 24.2. The van der Waals surface area contributed by atoms with Gasteiger partial charge in [-0.25, -0.2) is 0 Å². The molecule has 0 saturated heterocycles. The van der Waals surface area contributed by atoms with Crippen LogP contribution in [0.2, 0.25) is 0 Å². The number of aliphatic hydroxyl groups excluding tert-OH is 1. The molecule has 24 heavy (non-hydrogen) atoms. The maximum absolute atomic E-state index is 11.1. The Balaban J connectivity index is 1.66. The third-order valence-electron chi connectivity index (χ3n) is 5.57. The molecule has 0 aliphatic heterocycles. The lowest BCUT2D eigenvalue weighted by molar-refractivity contribution is 0.116. The smallest absolute Gasteiger partial charge is 0.393 e. The van der Waals surface area contributed by atoms with Gasteiger partial charge in [-0.2, -0.15) is 0 Å². The fraction of sp³-hybridized carbons (Fsp3) is 1.00. The van der Waals surface area contributed by atoms with Crippen molar-refractivity contribution in [3.8, 4) is 0 Å². The van der Waals surface area contributed by atoms with E-state index in [0.29, 0.717) is 12.8 Å². The molecule has 0 heterocycles. The molecule has 0 radical (unpaired) electrons. The summed E-state index contributed by atoms with van der Waals surface area (Å²) in [6, 6.07) is 0. The molecule has 0 spiro atoms. The van der Waals surface area contributed by atoms with Crippen LogP contribution in [0.4, 0.5) is 0 Å². The van der Waals surface area contributed by atoms with Crippen LogP contribution in [0, 0.1) is 5.92 Å². The Bertz CT molecular complexity index is 469. The SMILES string of the molecule is CCC(CC(O)CCCCC1(N[P+](=O)O)CC1)C1(N[P+](=O)O)CC1. The Labute approximate surface area is 145 Å². The molecule has 4 unspecified atom stereocenters. The summed E-state index contributed by atoms with van der Waals surface area (Å²) in [4.78, 5) is 18.1. The molecule has 9 heteroatoms. The number of nitrogens with one attached hydrogen (secondary N) is 2. The quantitative estimate of drug-likeness (QED) is 0.246. The second-order valence-electron chi connectivity index (χ2n) is 7.45. The van der Waals surface area contributed by atoms with Crippen molar-refractivity contribution in [2.75, 3.05) is 0 Å². The lowest BCUT2D eigenvalue weighted by Crippen LogP contribution is -2.36. The zero-order chi connectivity index (χ0) is 17.8. The molecule has 5 N–H and O–H groups in total. The Kier molecular flexibility index (Phi) is 7.27. The van der Waals surface area contributed by atoms with Gasteiger partial charge in [0.2, 0.25) is 0 Å². The highest BCUT2D eigenvalue weighted by Gasteiger charge is 2.54. The Morgan fingerprint density at radius 1 is 1.04 bits per heavy atom. The second-order valence-corrected chi connectivity index (χ2v) is 8.99. The maximum atomic E-state index is 11.1. The highest BCUT2D eigenvalue weighted by atomic mass is 31.1. The van der Waals surface area contributed by atoms with Gasteiger partial charge in [0.1, 0.15) is 0 Å². The van der Waals surface area contributed by atoms with E-state index in [1.807, 2.05) is 0 Å². The van der Waals surface area contributed by atoms with E-state index in [4.69, 9.17) is 9.79 Å². The summed E-state index contributed by atoms with van der Waals surface area (Å²) in [6.45, 7) is 2.06. The van der Waals surface area contributed by atoms with Crippen LogP contribution in [0.25, 0.3) is 0 Å². The zero-order valence-corrected chi connectivity index (χ0v) is 16.1. The van der Waals surface area contributed by atoms with E-state index in [1.165, 1.54) is 0 Å². The molecular formula is C15H30N2O5P2+2. The molecule has 4 atom stereocenters. The summed E-state index contributed by atoms with van der Waals surface area (Å²) >= 11 is 0. The minimum absolute atomic E-state index is 0.145. The van der Waals surface area contributed by atoms with Crippen molar-refractivity contribution in [3.05, 3.63) is 0 Å². The molecule has 0 aromatic carbocycles. The lowest BCUT2D eigenvalue weighted by atomic mass is 9.88. The summed E-state index contributed by atoms with van der Waals surface area (Å²) in [5.74, 6) is 0.216. The lowest BCUT2D eigenvalue weighted by Gasteiger charge is -2.25. The van der Waals surface area contributed by atoms with Gasteiger partial charge >= 0.3 is 16.4 Å². The predicted octanol–water partition coefficient (Wildman–Crippen LogP) is 2.87. The Morgan fingerprint density at radius 3 is 2.12 bits per heavy atom. The highest BCUT2D eigenvalue weighted by molar-refractivity contribution is 7.35. The van der Waals surface area contributed by atoms with Crippen LogP contribution in [0.3, 0.4) is 0 Å². The molecule has 0 aromatic heterocycles. The molecule has 0 amide bonds. The van der Waals surface area contributed by atoms with E-state index in [1.54, 1.807) is 0 Å².